The van der Waals surface area contributed by atoms with Crippen LogP contribution in [0.25, 0.3) is 11.3 Å². The van der Waals surface area contributed by atoms with Crippen molar-refractivity contribution in [1.29, 1.82) is 0 Å². The number of halogens is 2. The van der Waals surface area contributed by atoms with Crippen LogP contribution in [0.5, 0.6) is 5.75 Å². The highest BCUT2D eigenvalue weighted by Crippen LogP contribution is 2.31. The van der Waals surface area contributed by atoms with Crippen molar-refractivity contribution in [2.24, 2.45) is 0 Å². The zero-order valence-corrected chi connectivity index (χ0v) is 13.2. The number of aldehydes is 1. The third-order valence-corrected chi connectivity index (χ3v) is 3.96. The maximum atomic E-state index is 14.6. The van der Waals surface area contributed by atoms with Crippen LogP contribution in [0.3, 0.4) is 0 Å². The molecule has 1 aliphatic heterocycles. The van der Waals surface area contributed by atoms with E-state index in [1.54, 1.807) is 13.0 Å². The molecule has 4 nitrogen and oxygen atoms in total. The molecule has 6 heteroatoms. The quantitative estimate of drug-likeness (QED) is 0.801. The van der Waals surface area contributed by atoms with Crippen LogP contribution in [0.1, 0.15) is 28.9 Å². The van der Waals surface area contributed by atoms with Crippen molar-refractivity contribution in [2.45, 2.75) is 25.9 Å². The second kappa shape index (κ2) is 7.05. The van der Waals surface area contributed by atoms with Gasteiger partial charge in [-0.05, 0) is 30.7 Å². The minimum Gasteiger partial charge on any atom is -0.490 e. The monoisotopic (exact) mass is 333 g/mol. The van der Waals surface area contributed by atoms with Gasteiger partial charge in [0.1, 0.15) is 34.9 Å². The lowest BCUT2D eigenvalue weighted by Gasteiger charge is -2.23. The Morgan fingerprint density at radius 3 is 2.62 bits per heavy atom. The van der Waals surface area contributed by atoms with Gasteiger partial charge in [0.05, 0.1) is 13.2 Å². The number of carbonyl (C=O) groups is 1. The lowest BCUT2D eigenvalue weighted by atomic mass is 10.0. The summed E-state index contributed by atoms with van der Waals surface area (Å²) in [6, 6.07) is 5.24. The number of benzene rings is 1. The van der Waals surface area contributed by atoms with E-state index in [1.807, 2.05) is 0 Å². The Bertz CT molecular complexity index is 735. The van der Waals surface area contributed by atoms with Crippen LogP contribution in [0, 0.1) is 18.6 Å². The van der Waals surface area contributed by atoms with Crippen LogP contribution in [0.4, 0.5) is 8.78 Å². The molecule has 2 aromatic rings. The van der Waals surface area contributed by atoms with E-state index in [4.69, 9.17) is 9.47 Å². The van der Waals surface area contributed by atoms with E-state index < -0.39 is 11.6 Å². The van der Waals surface area contributed by atoms with E-state index >= 15 is 0 Å². The zero-order chi connectivity index (χ0) is 17.1. The molecule has 1 aromatic carbocycles. The molecule has 0 radical (unpaired) electrons. The summed E-state index contributed by atoms with van der Waals surface area (Å²) in [7, 11) is 0. The summed E-state index contributed by atoms with van der Waals surface area (Å²) in [6.45, 7) is 2.90. The van der Waals surface area contributed by atoms with Crippen molar-refractivity contribution < 1.29 is 23.0 Å². The molecule has 0 amide bonds. The third kappa shape index (κ3) is 3.43. The predicted octanol–water partition coefficient (Wildman–Crippen LogP) is 3.71. The fourth-order valence-corrected chi connectivity index (χ4v) is 2.77. The number of ether oxygens (including phenoxy) is 2. The van der Waals surface area contributed by atoms with Gasteiger partial charge >= 0.3 is 0 Å². The molecule has 0 unspecified atom stereocenters. The molecule has 2 heterocycles. The highest BCUT2D eigenvalue weighted by Gasteiger charge is 2.20. The van der Waals surface area contributed by atoms with Gasteiger partial charge in [0, 0.05) is 24.5 Å². The summed E-state index contributed by atoms with van der Waals surface area (Å²) in [4.78, 5) is 14.7. The lowest BCUT2D eigenvalue weighted by Crippen LogP contribution is -2.25. The number of pyridine rings is 1. The number of aryl methyl sites for hydroxylation is 1. The van der Waals surface area contributed by atoms with Crippen molar-refractivity contribution >= 4 is 6.29 Å². The van der Waals surface area contributed by atoms with Gasteiger partial charge in [-0.3, -0.25) is 4.79 Å². The summed E-state index contributed by atoms with van der Waals surface area (Å²) in [5, 5.41) is 0. The van der Waals surface area contributed by atoms with Crippen molar-refractivity contribution in [3.63, 3.8) is 0 Å². The highest BCUT2D eigenvalue weighted by atomic mass is 19.1. The Hall–Kier alpha value is -2.34. The van der Waals surface area contributed by atoms with E-state index in [0.717, 1.165) is 18.9 Å². The number of aromatic nitrogens is 1. The van der Waals surface area contributed by atoms with Gasteiger partial charge in [0.15, 0.2) is 6.29 Å². The predicted molar refractivity (Wildman–Crippen MR) is 84.2 cm³/mol. The molecular weight excluding hydrogens is 316 g/mol. The summed E-state index contributed by atoms with van der Waals surface area (Å²) < 4.78 is 39.7. The van der Waals surface area contributed by atoms with Crippen LogP contribution in [-0.4, -0.2) is 30.6 Å². The van der Waals surface area contributed by atoms with Gasteiger partial charge in [-0.1, -0.05) is 0 Å². The average molecular weight is 333 g/mol. The Morgan fingerprint density at radius 2 is 1.96 bits per heavy atom. The smallest absolute Gasteiger partial charge is 0.168 e. The Kier molecular flexibility index (Phi) is 4.85. The first-order valence-electron chi connectivity index (χ1n) is 7.75. The Labute approximate surface area is 138 Å². The maximum absolute atomic E-state index is 14.6. The van der Waals surface area contributed by atoms with E-state index in [1.165, 1.54) is 12.1 Å². The molecule has 1 saturated heterocycles. The summed E-state index contributed by atoms with van der Waals surface area (Å²) in [5.41, 5.74) is 0.405. The second-order valence-corrected chi connectivity index (χ2v) is 5.71. The fraction of sp³-hybridized carbons (Fsp3) is 0.333. The Balaban J connectivity index is 1.94. The van der Waals surface area contributed by atoms with Gasteiger partial charge in [-0.2, -0.15) is 0 Å². The molecule has 0 spiro atoms. The van der Waals surface area contributed by atoms with Gasteiger partial charge in [0.25, 0.3) is 0 Å². The van der Waals surface area contributed by atoms with Gasteiger partial charge in [0.2, 0.25) is 0 Å². The first-order chi connectivity index (χ1) is 11.6. The largest absolute Gasteiger partial charge is 0.490 e. The molecule has 1 fully saturated rings. The van der Waals surface area contributed by atoms with Gasteiger partial charge in [-0.25, -0.2) is 13.8 Å². The molecule has 3 rings (SSSR count). The first kappa shape index (κ1) is 16.5. The maximum Gasteiger partial charge on any atom is 0.168 e. The summed E-state index contributed by atoms with van der Waals surface area (Å²) in [5.74, 6) is -0.917. The number of nitrogens with zero attached hydrogens (tertiary/aromatic N) is 1. The van der Waals surface area contributed by atoms with Crippen molar-refractivity contribution in [2.75, 3.05) is 13.2 Å². The normalized spacial score (nSPS) is 15.3. The highest BCUT2D eigenvalue weighted by molar-refractivity contribution is 5.75. The van der Waals surface area contributed by atoms with Crippen molar-refractivity contribution in [3.8, 4) is 17.0 Å². The van der Waals surface area contributed by atoms with Crippen LogP contribution in [0.15, 0.2) is 24.3 Å². The fourth-order valence-electron chi connectivity index (χ4n) is 2.77. The molecule has 0 aliphatic carbocycles. The van der Waals surface area contributed by atoms with Gasteiger partial charge in [-0.15, -0.1) is 0 Å². The lowest BCUT2D eigenvalue weighted by molar-refractivity contribution is 0.0254. The first-order valence-corrected chi connectivity index (χ1v) is 7.75. The summed E-state index contributed by atoms with van der Waals surface area (Å²) >= 11 is 0. The van der Waals surface area contributed by atoms with Crippen LogP contribution in [0.2, 0.25) is 0 Å². The van der Waals surface area contributed by atoms with Crippen molar-refractivity contribution in [3.05, 3.63) is 47.2 Å². The molecule has 24 heavy (non-hydrogen) atoms. The molecule has 0 N–H and O–H groups in total. The SMILES string of the molecule is Cc1cc(OC2CCOCC2)cc(F)c1-c1nc(C=O)ccc1F. The van der Waals surface area contributed by atoms with Crippen LogP contribution < -0.4 is 4.74 Å². The minimum absolute atomic E-state index is 0.0170. The van der Waals surface area contributed by atoms with Gasteiger partial charge < -0.3 is 9.47 Å². The van der Waals surface area contributed by atoms with Crippen LogP contribution >= 0.6 is 0 Å². The standard InChI is InChI=1S/C18H17F2NO3/c1-11-8-14(24-13-4-6-23-7-5-13)9-16(20)17(11)18-15(19)3-2-12(10-22)21-18/h2-3,8-10,13H,4-7H2,1H3. The molecule has 0 atom stereocenters. The molecule has 126 valence electrons. The van der Waals surface area contributed by atoms with Crippen LogP contribution in [-0.2, 0) is 4.74 Å². The molecule has 0 bridgehead atoms. The molecular formula is C18H17F2NO3. The van der Waals surface area contributed by atoms with E-state index in [9.17, 15) is 13.6 Å². The van der Waals surface area contributed by atoms with E-state index in [2.05, 4.69) is 4.98 Å². The molecule has 1 aliphatic rings. The number of hydrogen-bond donors (Lipinski definition) is 0. The van der Waals surface area contributed by atoms with E-state index in [-0.39, 0.29) is 23.1 Å². The number of hydrogen-bond acceptors (Lipinski definition) is 4. The zero-order valence-electron chi connectivity index (χ0n) is 13.2. The second-order valence-electron chi connectivity index (χ2n) is 5.71. The third-order valence-electron chi connectivity index (χ3n) is 3.96. The van der Waals surface area contributed by atoms with E-state index in [0.29, 0.717) is 30.8 Å². The minimum atomic E-state index is -0.680. The molecule has 1 aromatic heterocycles. The van der Waals surface area contributed by atoms with Crippen molar-refractivity contribution in [1.82, 2.24) is 4.98 Å². The Morgan fingerprint density at radius 1 is 1.21 bits per heavy atom. The summed E-state index contributed by atoms with van der Waals surface area (Å²) in [6.07, 6.45) is 1.98. The number of rotatable bonds is 4. The number of carbonyl (C=O) groups excluding carboxylic acids is 1. The average Bonchev–Trinajstić information content (AvgIpc) is 2.57. The topological polar surface area (TPSA) is 48.4 Å². The molecule has 0 saturated carbocycles.